The second-order valence-corrected chi connectivity index (χ2v) is 21.4. The Kier molecular flexibility index (Phi) is 20.6. The average Bonchev–Trinajstić information content (AvgIpc) is 3.59. The van der Waals surface area contributed by atoms with E-state index in [-0.39, 0.29) is 51.3 Å². The number of esters is 2. The second kappa shape index (κ2) is 24.5. The first-order valence-electron chi connectivity index (χ1n) is 23.1. The molecule has 2 aromatic carbocycles. The van der Waals surface area contributed by atoms with Crippen molar-refractivity contribution in [1.82, 2.24) is 0 Å². The Hall–Kier alpha value is -3.08. The Morgan fingerprint density at radius 3 is 1.91 bits per heavy atom. The number of hydrogen-bond donors (Lipinski definition) is 0. The van der Waals surface area contributed by atoms with Crippen LogP contribution in [-0.4, -0.2) is 74.5 Å². The number of rotatable bonds is 23. The Bertz CT molecular complexity index is 2470. The summed E-state index contributed by atoms with van der Waals surface area (Å²) in [6, 6.07) is 9.09. The molecular formula is C50H66ClN2NaO10S2. The third-order valence-electron chi connectivity index (χ3n) is 12.7. The van der Waals surface area contributed by atoms with Gasteiger partial charge in [0.15, 0.2) is 5.71 Å². The van der Waals surface area contributed by atoms with E-state index >= 15 is 0 Å². The zero-order valence-corrected chi connectivity index (χ0v) is 44.3. The van der Waals surface area contributed by atoms with Crippen LogP contribution < -0.4 is 34.5 Å². The molecule has 0 saturated carbocycles. The molecule has 1 aliphatic carbocycles. The molecule has 0 aromatic heterocycles. The zero-order valence-electron chi connectivity index (χ0n) is 39.9. The molecule has 0 saturated heterocycles. The van der Waals surface area contributed by atoms with E-state index in [1.165, 1.54) is 24.3 Å². The van der Waals surface area contributed by atoms with Crippen LogP contribution in [0.25, 0.3) is 0 Å². The van der Waals surface area contributed by atoms with Crippen molar-refractivity contribution < 1.29 is 79.1 Å². The molecule has 12 nitrogen and oxygen atoms in total. The molecule has 2 aliphatic heterocycles. The van der Waals surface area contributed by atoms with E-state index in [0.717, 1.165) is 116 Å². The molecule has 2 aromatic rings. The van der Waals surface area contributed by atoms with Crippen molar-refractivity contribution in [2.75, 3.05) is 31.2 Å². The molecule has 0 radical (unpaired) electrons. The van der Waals surface area contributed by atoms with Crippen molar-refractivity contribution in [3.63, 3.8) is 0 Å². The molecule has 0 unspecified atom stereocenters. The molecule has 5 rings (SSSR count). The van der Waals surface area contributed by atoms with Gasteiger partial charge in [0.2, 0.25) is 5.69 Å². The zero-order chi connectivity index (χ0) is 47.6. The molecule has 356 valence electrons. The standard InChI is InChI=1S/C50H67ClN2O10S2.Na/c1-7-9-32-62-46(54)20-13-11-15-30-52-42-26-24-38(64(56,57)58)34-40(42)49(3,4)44(52)28-22-36-18-17-19-37(48(36)51)23-29-45-50(5,6)41-35-39(65(59,60)61)25-27-43(41)53(45)31-16-12-14-21-47(55)63-33-10-8-2;/h22-29,34-35H,7-21,30-33H2,1-6H3,(H-,56,57,58,59,60,61);/q;+1/p-1. The third kappa shape index (κ3) is 14.0. The van der Waals surface area contributed by atoms with E-state index in [4.69, 9.17) is 21.1 Å². The molecule has 0 bridgehead atoms. The molecule has 16 heteroatoms. The van der Waals surface area contributed by atoms with Crippen LogP contribution in [-0.2, 0) is 50.1 Å². The number of ether oxygens (including phenoxy) is 2. The van der Waals surface area contributed by atoms with Gasteiger partial charge >= 0.3 is 41.5 Å². The first-order chi connectivity index (χ1) is 30.7. The van der Waals surface area contributed by atoms with Crippen molar-refractivity contribution in [3.05, 3.63) is 93.7 Å². The van der Waals surface area contributed by atoms with E-state index in [9.17, 15) is 35.5 Å². The van der Waals surface area contributed by atoms with Gasteiger partial charge in [0.25, 0.3) is 0 Å². The summed E-state index contributed by atoms with van der Waals surface area (Å²) < 4.78 is 85.4. The predicted molar refractivity (Wildman–Crippen MR) is 253 cm³/mol. The smallest absolute Gasteiger partial charge is 0.744 e. The number of anilines is 1. The minimum atomic E-state index is -4.68. The molecule has 2 heterocycles. The molecule has 66 heavy (non-hydrogen) atoms. The first-order valence-corrected chi connectivity index (χ1v) is 26.3. The van der Waals surface area contributed by atoms with E-state index in [2.05, 4.69) is 9.48 Å². The van der Waals surface area contributed by atoms with Crippen LogP contribution >= 0.6 is 11.6 Å². The summed E-state index contributed by atoms with van der Waals surface area (Å²) in [5.74, 6) is -0.387. The van der Waals surface area contributed by atoms with Crippen LogP contribution in [0.15, 0.2) is 92.4 Å². The molecule has 3 aliphatic rings. The monoisotopic (exact) mass is 976 g/mol. The number of hydrogen-bond acceptors (Lipinski definition) is 11. The maximum absolute atomic E-state index is 12.2. The van der Waals surface area contributed by atoms with Crippen molar-refractivity contribution in [2.45, 2.75) is 158 Å². The van der Waals surface area contributed by atoms with E-state index < -0.39 is 31.1 Å². The summed E-state index contributed by atoms with van der Waals surface area (Å²) in [5, 5.41) is 0.626. The largest absolute Gasteiger partial charge is 1.00 e. The Labute approximate surface area is 420 Å². The van der Waals surface area contributed by atoms with Crippen molar-refractivity contribution in [1.29, 1.82) is 0 Å². The minimum Gasteiger partial charge on any atom is -0.744 e. The number of benzene rings is 2. The van der Waals surface area contributed by atoms with Crippen molar-refractivity contribution in [2.24, 2.45) is 0 Å². The summed E-state index contributed by atoms with van der Waals surface area (Å²) in [6.45, 7) is 14.2. The topological polar surface area (TPSA) is 173 Å². The van der Waals surface area contributed by atoms with Gasteiger partial charge in [-0.15, -0.1) is 0 Å². The maximum atomic E-state index is 12.2. The summed E-state index contributed by atoms with van der Waals surface area (Å²) >= 11 is 7.24. The molecule has 0 atom stereocenters. The van der Waals surface area contributed by atoms with Gasteiger partial charge in [-0.3, -0.25) is 9.59 Å². The fourth-order valence-corrected chi connectivity index (χ4v) is 10.2. The van der Waals surface area contributed by atoms with Crippen LogP contribution in [0.1, 0.15) is 149 Å². The fourth-order valence-electron chi connectivity index (χ4n) is 8.91. The summed E-state index contributed by atoms with van der Waals surface area (Å²) in [7, 11) is -9.37. The minimum absolute atomic E-state index is 0. The van der Waals surface area contributed by atoms with Gasteiger partial charge in [0.1, 0.15) is 26.8 Å². The molecule has 0 N–H and O–H groups in total. The predicted octanol–water partition coefficient (Wildman–Crippen LogP) is 7.52. The van der Waals surface area contributed by atoms with Crippen LogP contribution in [0.3, 0.4) is 0 Å². The van der Waals surface area contributed by atoms with Crippen LogP contribution in [0.2, 0.25) is 0 Å². The maximum Gasteiger partial charge on any atom is 1.00 e. The van der Waals surface area contributed by atoms with E-state index in [0.29, 0.717) is 57.0 Å². The Morgan fingerprint density at radius 1 is 0.742 bits per heavy atom. The quantitative estimate of drug-likeness (QED) is 0.0354. The molecular weight excluding hydrogens is 911 g/mol. The fraction of sp³-hybridized carbons (Fsp3) is 0.540. The second-order valence-electron chi connectivity index (χ2n) is 18.2. The number of carbonyl (C=O) groups is 2. The first kappa shape index (κ1) is 55.5. The number of unbranched alkanes of at least 4 members (excludes halogenated alkanes) is 6. The van der Waals surface area contributed by atoms with Gasteiger partial charge in [-0.1, -0.05) is 70.7 Å². The summed E-state index contributed by atoms with van der Waals surface area (Å²) in [5.41, 5.74) is 5.54. The van der Waals surface area contributed by atoms with Gasteiger partial charge in [-0.2, -0.15) is 4.58 Å². The van der Waals surface area contributed by atoms with Crippen molar-refractivity contribution in [3.8, 4) is 0 Å². The summed E-state index contributed by atoms with van der Waals surface area (Å²) in [4.78, 5) is 26.0. The van der Waals surface area contributed by atoms with Crippen LogP contribution in [0.5, 0.6) is 0 Å². The van der Waals surface area contributed by atoms with Crippen molar-refractivity contribution >= 4 is 60.9 Å². The number of carbonyl (C=O) groups excluding carboxylic acids is 2. The number of fused-ring (bicyclic) bond motifs is 2. The molecule has 0 amide bonds. The average molecular weight is 978 g/mol. The van der Waals surface area contributed by atoms with Gasteiger partial charge in [-0.25, -0.2) is 16.8 Å². The van der Waals surface area contributed by atoms with Crippen LogP contribution in [0.4, 0.5) is 11.4 Å². The third-order valence-corrected chi connectivity index (χ3v) is 14.8. The van der Waals surface area contributed by atoms with E-state index in [1.54, 1.807) is 12.1 Å². The van der Waals surface area contributed by atoms with Gasteiger partial charge in [0.05, 0.1) is 28.4 Å². The van der Waals surface area contributed by atoms with Gasteiger partial charge in [0, 0.05) is 65.3 Å². The normalized spacial score (nSPS) is 18.0. The van der Waals surface area contributed by atoms with Crippen LogP contribution in [0, 0.1) is 0 Å². The SMILES string of the molecule is CCCCOC(=O)CCCCCN1/C(=C/C=C2\CCCC(/C=C/C3=[N+](CCCCCC(=O)OCCCC)c4ccc(S(=O)(=O)[O-])cc4C3(C)C)=C2Cl)C(C)(C)c2cc(S(=O)(=O)[O-])ccc21.[Na+]. The molecule has 0 spiro atoms. The molecule has 0 fully saturated rings. The van der Waals surface area contributed by atoms with Gasteiger partial charge in [-0.05, 0) is 125 Å². The Morgan fingerprint density at radius 2 is 1.32 bits per heavy atom. The number of allylic oxidation sites excluding steroid dienone is 8. The van der Waals surface area contributed by atoms with E-state index in [1.807, 2.05) is 65.8 Å². The van der Waals surface area contributed by atoms with Gasteiger partial charge < -0.3 is 23.5 Å². The number of halogens is 1. The number of nitrogens with zero attached hydrogens (tertiary/aromatic N) is 2. The Balaban J connectivity index is 0.00000952. The summed E-state index contributed by atoms with van der Waals surface area (Å²) in [6.07, 6.45) is 19.2.